The molecule has 0 unspecified atom stereocenters. The zero-order valence-electron chi connectivity index (χ0n) is 13.6. The number of pyridine rings is 1. The maximum atomic E-state index is 12.5. The van der Waals surface area contributed by atoms with Crippen molar-refractivity contribution >= 4 is 5.91 Å². The monoisotopic (exact) mass is 346 g/mol. The minimum absolute atomic E-state index is 0.0000489. The molecule has 2 atom stereocenters. The Morgan fingerprint density at radius 3 is 2.71 bits per heavy atom. The van der Waals surface area contributed by atoms with Gasteiger partial charge in [-0.05, 0) is 12.0 Å². The summed E-state index contributed by atoms with van der Waals surface area (Å²) in [5.74, 6) is -0.0489. The van der Waals surface area contributed by atoms with Crippen molar-refractivity contribution < 1.29 is 27.8 Å². The van der Waals surface area contributed by atoms with E-state index in [0.29, 0.717) is 19.5 Å². The molecule has 1 saturated heterocycles. The zero-order chi connectivity index (χ0) is 17.9. The first-order valence-electron chi connectivity index (χ1n) is 7.82. The van der Waals surface area contributed by atoms with Crippen LogP contribution in [0.2, 0.25) is 0 Å². The second-order valence-electron chi connectivity index (χ2n) is 6.27. The quantitative estimate of drug-likeness (QED) is 0.890. The molecule has 1 aliphatic heterocycles. The van der Waals surface area contributed by atoms with Gasteiger partial charge in [-0.2, -0.15) is 13.2 Å². The van der Waals surface area contributed by atoms with Gasteiger partial charge in [0, 0.05) is 25.2 Å². The number of hydrogen-bond acceptors (Lipinski definition) is 4. The molecule has 5 nitrogen and oxygen atoms in total. The highest BCUT2D eigenvalue weighted by Crippen LogP contribution is 2.29. The van der Waals surface area contributed by atoms with Crippen LogP contribution in [0.25, 0.3) is 0 Å². The van der Waals surface area contributed by atoms with Crippen molar-refractivity contribution in [2.45, 2.75) is 45.1 Å². The van der Waals surface area contributed by atoms with Gasteiger partial charge in [0.05, 0.1) is 24.6 Å². The molecule has 1 aliphatic rings. The van der Waals surface area contributed by atoms with Gasteiger partial charge in [-0.1, -0.05) is 13.8 Å². The van der Waals surface area contributed by atoms with E-state index in [1.165, 1.54) is 6.07 Å². The van der Waals surface area contributed by atoms with Crippen LogP contribution in [0, 0.1) is 5.92 Å². The van der Waals surface area contributed by atoms with E-state index in [9.17, 15) is 23.1 Å². The number of ether oxygens (including phenoxy) is 1. The van der Waals surface area contributed by atoms with Crippen LogP contribution < -0.4 is 4.74 Å². The van der Waals surface area contributed by atoms with E-state index in [-0.39, 0.29) is 30.2 Å². The summed E-state index contributed by atoms with van der Waals surface area (Å²) in [6.07, 6.45) is -4.07. The van der Waals surface area contributed by atoms with Crippen LogP contribution in [0.1, 0.15) is 32.3 Å². The van der Waals surface area contributed by atoms with Gasteiger partial charge in [0.25, 0.3) is 0 Å². The number of likely N-dealkylation sites (tertiary alicyclic amines) is 1. The predicted octanol–water partition coefficient (Wildman–Crippen LogP) is 2.49. The third-order valence-corrected chi connectivity index (χ3v) is 4.00. The van der Waals surface area contributed by atoms with Crippen LogP contribution in [0.3, 0.4) is 0 Å². The van der Waals surface area contributed by atoms with Crippen molar-refractivity contribution in [3.05, 3.63) is 23.9 Å². The average Bonchev–Trinajstić information content (AvgIpc) is 2.95. The maximum absolute atomic E-state index is 12.5. The van der Waals surface area contributed by atoms with Gasteiger partial charge in [0.2, 0.25) is 11.8 Å². The molecule has 134 valence electrons. The van der Waals surface area contributed by atoms with Gasteiger partial charge in [0.1, 0.15) is 6.10 Å². The van der Waals surface area contributed by atoms with Crippen molar-refractivity contribution in [1.82, 2.24) is 9.88 Å². The van der Waals surface area contributed by atoms with Crippen LogP contribution >= 0.6 is 0 Å². The van der Waals surface area contributed by atoms with Gasteiger partial charge in [-0.3, -0.25) is 4.79 Å². The molecule has 0 saturated carbocycles. The van der Waals surface area contributed by atoms with Crippen LogP contribution in [0.5, 0.6) is 5.88 Å². The summed E-state index contributed by atoms with van der Waals surface area (Å²) >= 11 is 0. The van der Waals surface area contributed by atoms with Crippen LogP contribution in [0.15, 0.2) is 18.3 Å². The Hall–Kier alpha value is -1.83. The minimum atomic E-state index is -4.43. The first-order valence-corrected chi connectivity index (χ1v) is 7.82. The molecular formula is C16H21F3N2O3. The normalized spacial score (nSPS) is 19.6. The van der Waals surface area contributed by atoms with E-state index in [2.05, 4.69) is 4.98 Å². The smallest absolute Gasteiger partial charge is 0.417 e. The van der Waals surface area contributed by atoms with E-state index in [1.807, 2.05) is 13.8 Å². The molecule has 24 heavy (non-hydrogen) atoms. The minimum Gasteiger partial charge on any atom is -0.472 e. The molecule has 1 aromatic rings. The van der Waals surface area contributed by atoms with Gasteiger partial charge >= 0.3 is 6.18 Å². The summed E-state index contributed by atoms with van der Waals surface area (Å²) in [5, 5.41) is 9.77. The number of halogens is 3. The highest BCUT2D eigenvalue weighted by Gasteiger charge is 2.32. The largest absolute Gasteiger partial charge is 0.472 e. The number of rotatable bonds is 5. The molecule has 1 aromatic heterocycles. The molecular weight excluding hydrogens is 325 g/mol. The van der Waals surface area contributed by atoms with Crippen LogP contribution in [-0.4, -0.2) is 46.2 Å². The van der Waals surface area contributed by atoms with Crippen molar-refractivity contribution in [3.63, 3.8) is 0 Å². The Bertz CT molecular complexity index is 561. The lowest BCUT2D eigenvalue weighted by Gasteiger charge is -2.20. The van der Waals surface area contributed by atoms with Gasteiger partial charge in [-0.25, -0.2) is 4.98 Å². The summed E-state index contributed by atoms with van der Waals surface area (Å²) in [6.45, 7) is 4.51. The summed E-state index contributed by atoms with van der Waals surface area (Å²) in [4.78, 5) is 17.3. The molecule has 1 fully saturated rings. The highest BCUT2D eigenvalue weighted by molar-refractivity contribution is 5.77. The zero-order valence-corrected chi connectivity index (χ0v) is 13.6. The molecule has 0 radical (unpaired) electrons. The third kappa shape index (κ3) is 4.83. The van der Waals surface area contributed by atoms with Gasteiger partial charge < -0.3 is 14.7 Å². The molecule has 8 heteroatoms. The standard InChI is InChI=1S/C16H21F3N2O3/c1-10(2)13(22)7-15(23)21-6-5-12(9-21)24-14-4-3-11(8-20-14)16(17,18)19/h3-4,8,10,12-13,22H,5-7,9H2,1-2H3/t12-,13-/m1/s1. The molecule has 1 amide bonds. The molecule has 2 heterocycles. The van der Waals surface area contributed by atoms with Crippen LogP contribution in [-0.2, 0) is 11.0 Å². The number of alkyl halides is 3. The molecule has 1 N–H and O–H groups in total. The fourth-order valence-electron chi connectivity index (χ4n) is 2.38. The summed E-state index contributed by atoms with van der Waals surface area (Å²) in [5.41, 5.74) is -0.833. The lowest BCUT2D eigenvalue weighted by Crippen LogP contribution is -2.34. The number of hydrogen-bond donors (Lipinski definition) is 1. The average molecular weight is 346 g/mol. The predicted molar refractivity (Wildman–Crippen MR) is 80.3 cm³/mol. The van der Waals surface area contributed by atoms with Gasteiger partial charge in [-0.15, -0.1) is 0 Å². The second-order valence-corrected chi connectivity index (χ2v) is 6.27. The number of carbonyl (C=O) groups excluding carboxylic acids is 1. The van der Waals surface area contributed by atoms with Crippen molar-refractivity contribution in [1.29, 1.82) is 0 Å². The van der Waals surface area contributed by atoms with E-state index >= 15 is 0 Å². The molecule has 2 rings (SSSR count). The number of aliphatic hydroxyl groups excluding tert-OH is 1. The SMILES string of the molecule is CC(C)[C@H](O)CC(=O)N1CC[C@@H](Oc2ccc(C(F)(F)F)cn2)C1. The van der Waals surface area contributed by atoms with Crippen molar-refractivity contribution in [2.75, 3.05) is 13.1 Å². The van der Waals surface area contributed by atoms with Crippen LogP contribution in [0.4, 0.5) is 13.2 Å². The topological polar surface area (TPSA) is 62.7 Å². The van der Waals surface area contributed by atoms with Gasteiger partial charge in [0.15, 0.2) is 0 Å². The van der Waals surface area contributed by atoms with E-state index < -0.39 is 17.8 Å². The fraction of sp³-hybridized carbons (Fsp3) is 0.625. The Morgan fingerprint density at radius 1 is 1.46 bits per heavy atom. The number of amides is 1. The summed E-state index contributed by atoms with van der Waals surface area (Å²) in [6, 6.07) is 2.09. The second kappa shape index (κ2) is 7.38. The number of carbonyl (C=O) groups is 1. The molecule has 0 aliphatic carbocycles. The molecule has 0 aromatic carbocycles. The van der Waals surface area contributed by atoms with E-state index in [1.54, 1.807) is 4.90 Å². The van der Waals surface area contributed by atoms with E-state index in [0.717, 1.165) is 12.3 Å². The Morgan fingerprint density at radius 2 is 2.17 bits per heavy atom. The first-order chi connectivity index (χ1) is 11.2. The lowest BCUT2D eigenvalue weighted by molar-refractivity contribution is -0.138. The number of nitrogens with zero attached hydrogens (tertiary/aromatic N) is 2. The van der Waals surface area contributed by atoms with Crippen molar-refractivity contribution in [3.8, 4) is 5.88 Å². The maximum Gasteiger partial charge on any atom is 0.417 e. The lowest BCUT2D eigenvalue weighted by atomic mass is 10.0. The van der Waals surface area contributed by atoms with E-state index in [4.69, 9.17) is 4.74 Å². The number of aromatic nitrogens is 1. The summed E-state index contributed by atoms with van der Waals surface area (Å²) < 4.78 is 43.0. The number of aliphatic hydroxyl groups is 1. The highest BCUT2D eigenvalue weighted by atomic mass is 19.4. The van der Waals surface area contributed by atoms with Crippen molar-refractivity contribution in [2.24, 2.45) is 5.92 Å². The molecule has 0 bridgehead atoms. The third-order valence-electron chi connectivity index (χ3n) is 4.00. The summed E-state index contributed by atoms with van der Waals surface area (Å²) in [7, 11) is 0. The first kappa shape index (κ1) is 18.5. The fourth-order valence-corrected chi connectivity index (χ4v) is 2.38. The molecule has 0 spiro atoms. The Labute approximate surface area is 138 Å². The Balaban J connectivity index is 1.86. The Kier molecular flexibility index (Phi) is 5.69.